The number of hydrogen-bond donors (Lipinski definition) is 2. The number of thiazole rings is 1. The van der Waals surface area contributed by atoms with Crippen LogP contribution in [0.1, 0.15) is 12.6 Å². The number of nitrogens with zero attached hydrogens (tertiary/aromatic N) is 3. The lowest BCUT2D eigenvalue weighted by molar-refractivity contribution is -0.119. The third-order valence-corrected chi connectivity index (χ3v) is 4.10. The number of carbonyl (C=O) groups excluding carboxylic acids is 1. The Morgan fingerprint density at radius 1 is 1.36 bits per heavy atom. The Balaban J connectivity index is 2.18. The smallest absolute Gasteiger partial charge is 0.217 e. The summed E-state index contributed by atoms with van der Waals surface area (Å²) in [4.78, 5) is 24.4. The predicted molar refractivity (Wildman–Crippen MR) is 92.5 cm³/mol. The van der Waals surface area contributed by atoms with E-state index in [2.05, 4.69) is 25.6 Å². The van der Waals surface area contributed by atoms with Gasteiger partial charge in [-0.2, -0.15) is 4.99 Å². The molecule has 0 atom stereocenters. The molecule has 0 unspecified atom stereocenters. The van der Waals surface area contributed by atoms with E-state index in [-0.39, 0.29) is 5.91 Å². The fourth-order valence-electron chi connectivity index (χ4n) is 1.66. The van der Waals surface area contributed by atoms with E-state index in [4.69, 9.17) is 0 Å². The molecule has 2 heterocycles. The van der Waals surface area contributed by atoms with Crippen molar-refractivity contribution in [1.29, 1.82) is 0 Å². The molecule has 0 fully saturated rings. The van der Waals surface area contributed by atoms with Gasteiger partial charge in [0.15, 0.2) is 5.17 Å². The number of carbonyl (C=O) groups is 1. The monoisotopic (exact) mass is 335 g/mol. The van der Waals surface area contributed by atoms with E-state index in [0.717, 1.165) is 22.2 Å². The fraction of sp³-hybridized carbons (Fsp3) is 0.286. The number of hydrogen-bond acceptors (Lipinski definition) is 6. The van der Waals surface area contributed by atoms with Crippen LogP contribution in [0.15, 0.2) is 28.6 Å². The molecule has 116 valence electrons. The molecule has 2 rings (SSSR count). The highest BCUT2D eigenvalue weighted by atomic mass is 32.2. The molecule has 1 amide bonds. The number of rotatable bonds is 4. The standard InChI is InChI=1S/C14H17N5OS2/c1-9(20)16-7-10-5-4-6-11(17-10)12-8-22-14(18-12)19-13(15-2)21-3/h4-6,8H,7H2,1-3H3,(H,16,20)(H,15,18,19). The van der Waals surface area contributed by atoms with Gasteiger partial charge in [-0.25, -0.2) is 9.97 Å². The number of amidine groups is 1. The van der Waals surface area contributed by atoms with Crippen molar-refractivity contribution in [2.75, 3.05) is 13.3 Å². The highest BCUT2D eigenvalue weighted by Crippen LogP contribution is 2.26. The molecular formula is C14H17N5OS2. The van der Waals surface area contributed by atoms with Crippen molar-refractivity contribution in [3.8, 4) is 11.4 Å². The van der Waals surface area contributed by atoms with Crippen LogP contribution in [-0.4, -0.2) is 34.3 Å². The van der Waals surface area contributed by atoms with Crippen LogP contribution in [0.5, 0.6) is 0 Å². The summed E-state index contributed by atoms with van der Waals surface area (Å²) in [5, 5.41) is 9.17. The molecule has 8 heteroatoms. The molecule has 0 aliphatic rings. The number of pyridine rings is 1. The second-order valence-electron chi connectivity index (χ2n) is 4.31. The first kappa shape index (κ1) is 16.4. The molecule has 0 aliphatic carbocycles. The van der Waals surface area contributed by atoms with Crippen molar-refractivity contribution >= 4 is 39.3 Å². The molecule has 6 nitrogen and oxygen atoms in total. The van der Waals surface area contributed by atoms with Gasteiger partial charge in [0, 0.05) is 19.4 Å². The summed E-state index contributed by atoms with van der Waals surface area (Å²) in [5.41, 5.74) is 2.35. The second kappa shape index (κ2) is 7.90. The molecular weight excluding hydrogens is 318 g/mol. The maximum atomic E-state index is 11.0. The van der Waals surface area contributed by atoms with Gasteiger partial charge in [0.1, 0.15) is 5.69 Å². The van der Waals surface area contributed by atoms with Crippen LogP contribution >= 0.6 is 23.1 Å². The van der Waals surface area contributed by atoms with E-state index < -0.39 is 0 Å². The first-order valence-corrected chi connectivity index (χ1v) is 8.69. The van der Waals surface area contributed by atoms with Crippen LogP contribution in [0.3, 0.4) is 0 Å². The van der Waals surface area contributed by atoms with Crippen molar-refractivity contribution in [2.45, 2.75) is 13.5 Å². The Kier molecular flexibility index (Phi) is 5.91. The minimum absolute atomic E-state index is 0.0749. The Morgan fingerprint density at radius 3 is 2.86 bits per heavy atom. The van der Waals surface area contributed by atoms with Crippen LogP contribution < -0.4 is 10.6 Å². The third kappa shape index (κ3) is 4.54. The lowest BCUT2D eigenvalue weighted by Gasteiger charge is -2.03. The maximum Gasteiger partial charge on any atom is 0.217 e. The summed E-state index contributed by atoms with van der Waals surface area (Å²) in [5.74, 6) is -0.0749. The van der Waals surface area contributed by atoms with Crippen molar-refractivity contribution < 1.29 is 4.79 Å². The predicted octanol–water partition coefficient (Wildman–Crippen LogP) is 2.41. The zero-order valence-electron chi connectivity index (χ0n) is 12.6. The van der Waals surface area contributed by atoms with Gasteiger partial charge in [-0.15, -0.1) is 11.3 Å². The number of aromatic nitrogens is 2. The molecule has 0 radical (unpaired) electrons. The number of thioether (sulfide) groups is 1. The summed E-state index contributed by atoms with van der Waals surface area (Å²) in [6.07, 6.45) is 1.96. The Morgan fingerprint density at radius 2 is 2.18 bits per heavy atom. The molecule has 0 aromatic carbocycles. The normalized spacial score (nSPS) is 11.3. The zero-order chi connectivity index (χ0) is 15.9. The zero-order valence-corrected chi connectivity index (χ0v) is 14.2. The Bertz CT molecular complexity index is 677. The maximum absolute atomic E-state index is 11.0. The van der Waals surface area contributed by atoms with Crippen molar-refractivity contribution in [3.63, 3.8) is 0 Å². The van der Waals surface area contributed by atoms with Gasteiger partial charge in [0.2, 0.25) is 11.0 Å². The van der Waals surface area contributed by atoms with Crippen LogP contribution in [0.2, 0.25) is 0 Å². The molecule has 2 N–H and O–H groups in total. The highest BCUT2D eigenvalue weighted by Gasteiger charge is 2.07. The third-order valence-electron chi connectivity index (χ3n) is 2.68. The lowest BCUT2D eigenvalue weighted by atomic mass is 10.2. The second-order valence-corrected chi connectivity index (χ2v) is 5.94. The SMILES string of the molecule is CN/C(=N\c1nc(-c2cccc(CNC(C)=O)n2)cs1)SC. The van der Waals surface area contributed by atoms with E-state index >= 15 is 0 Å². The first-order chi connectivity index (χ1) is 10.6. The Labute approximate surface area is 137 Å². The molecule has 0 aliphatic heterocycles. The van der Waals surface area contributed by atoms with Gasteiger partial charge in [-0.05, 0) is 18.4 Å². The van der Waals surface area contributed by atoms with Gasteiger partial charge in [-0.3, -0.25) is 4.79 Å². The number of amides is 1. The number of nitrogens with one attached hydrogen (secondary N) is 2. The van der Waals surface area contributed by atoms with Gasteiger partial charge in [-0.1, -0.05) is 17.8 Å². The largest absolute Gasteiger partial charge is 0.368 e. The molecule has 0 spiro atoms. The summed E-state index contributed by atoms with van der Waals surface area (Å²) in [7, 11) is 1.83. The molecule has 2 aromatic rings. The van der Waals surface area contributed by atoms with E-state index in [9.17, 15) is 4.79 Å². The summed E-state index contributed by atoms with van der Waals surface area (Å²) >= 11 is 3.00. The van der Waals surface area contributed by atoms with Crippen LogP contribution in [-0.2, 0) is 11.3 Å². The molecule has 2 aromatic heterocycles. The lowest BCUT2D eigenvalue weighted by Crippen LogP contribution is -2.19. The topological polar surface area (TPSA) is 79.3 Å². The van der Waals surface area contributed by atoms with E-state index in [0.29, 0.717) is 11.7 Å². The molecule has 0 bridgehead atoms. The quantitative estimate of drug-likeness (QED) is 0.662. The van der Waals surface area contributed by atoms with Gasteiger partial charge in [0.25, 0.3) is 0 Å². The van der Waals surface area contributed by atoms with Gasteiger partial charge < -0.3 is 10.6 Å². The fourth-order valence-corrected chi connectivity index (χ4v) is 2.78. The van der Waals surface area contributed by atoms with E-state index in [1.165, 1.54) is 30.0 Å². The minimum atomic E-state index is -0.0749. The number of aliphatic imine (C=N–C) groups is 1. The summed E-state index contributed by atoms with van der Waals surface area (Å²) in [6.45, 7) is 1.90. The average molecular weight is 335 g/mol. The average Bonchev–Trinajstić information content (AvgIpc) is 2.99. The van der Waals surface area contributed by atoms with Crippen molar-refractivity contribution in [1.82, 2.24) is 20.6 Å². The van der Waals surface area contributed by atoms with E-state index in [1.807, 2.05) is 36.9 Å². The first-order valence-electron chi connectivity index (χ1n) is 6.59. The Hall–Kier alpha value is -1.93. The molecule has 0 saturated carbocycles. The molecule has 22 heavy (non-hydrogen) atoms. The van der Waals surface area contributed by atoms with Crippen LogP contribution in [0.4, 0.5) is 5.13 Å². The van der Waals surface area contributed by atoms with Crippen LogP contribution in [0.25, 0.3) is 11.4 Å². The van der Waals surface area contributed by atoms with Gasteiger partial charge in [0.05, 0.1) is 17.9 Å². The summed E-state index contributed by atoms with van der Waals surface area (Å²) in [6, 6.07) is 5.67. The van der Waals surface area contributed by atoms with Crippen molar-refractivity contribution in [2.24, 2.45) is 4.99 Å². The highest BCUT2D eigenvalue weighted by molar-refractivity contribution is 8.13. The molecule has 0 saturated heterocycles. The van der Waals surface area contributed by atoms with Crippen LogP contribution in [0, 0.1) is 0 Å². The van der Waals surface area contributed by atoms with Gasteiger partial charge >= 0.3 is 0 Å². The minimum Gasteiger partial charge on any atom is -0.368 e. The van der Waals surface area contributed by atoms with Crippen molar-refractivity contribution in [3.05, 3.63) is 29.3 Å². The van der Waals surface area contributed by atoms with E-state index in [1.54, 1.807) is 0 Å². The summed E-state index contributed by atoms with van der Waals surface area (Å²) < 4.78 is 0.